The number of aromatic nitrogens is 2. The van der Waals surface area contributed by atoms with Gasteiger partial charge in [0.1, 0.15) is 5.75 Å². The molecule has 0 aliphatic rings. The number of para-hydroxylation sites is 2. The van der Waals surface area contributed by atoms with Gasteiger partial charge in [-0.3, -0.25) is 0 Å². The number of nitrogens with zero attached hydrogens (tertiary/aromatic N) is 2. The Morgan fingerprint density at radius 2 is 1.39 bits per heavy atom. The third-order valence-corrected chi connectivity index (χ3v) is 8.00. The lowest BCUT2D eigenvalue weighted by Gasteiger charge is -2.12. The Kier molecular flexibility index (Phi) is 13.2. The fraction of sp³-hybridized carbons (Fsp3) is 0.567. The van der Waals surface area contributed by atoms with Crippen LogP contribution in [0.4, 0.5) is 5.95 Å². The van der Waals surface area contributed by atoms with Crippen molar-refractivity contribution in [1.82, 2.24) is 9.55 Å². The van der Waals surface area contributed by atoms with Crippen LogP contribution in [0.3, 0.4) is 0 Å². The summed E-state index contributed by atoms with van der Waals surface area (Å²) in [5, 5.41) is 13.9. The van der Waals surface area contributed by atoms with Gasteiger partial charge >= 0.3 is 0 Å². The number of nitrogens with one attached hydrogen (secondary N) is 1. The van der Waals surface area contributed by atoms with Gasteiger partial charge in [0, 0.05) is 23.1 Å². The van der Waals surface area contributed by atoms with E-state index in [1.54, 1.807) is 0 Å². The minimum Gasteiger partial charge on any atom is -0.506 e. The minimum atomic E-state index is 0.264. The monoisotopic (exact) mass is 619 g/mol. The molecule has 0 fully saturated rings. The van der Waals surface area contributed by atoms with Gasteiger partial charge in [0.2, 0.25) is 5.95 Å². The first-order valence-electron chi connectivity index (χ1n) is 14.0. The highest BCUT2D eigenvalue weighted by atomic mass is 79.9. The van der Waals surface area contributed by atoms with E-state index < -0.39 is 0 Å². The van der Waals surface area contributed by atoms with E-state index in [1.165, 1.54) is 83.5 Å². The number of fused-ring (bicyclic) bond motifs is 1. The number of aromatic hydroxyl groups is 1. The summed E-state index contributed by atoms with van der Waals surface area (Å²) in [5.41, 5.74) is 2.99. The van der Waals surface area contributed by atoms with Crippen LogP contribution in [0.15, 0.2) is 45.3 Å². The molecule has 198 valence electrons. The summed E-state index contributed by atoms with van der Waals surface area (Å²) >= 11 is 6.93. The molecule has 4 nitrogen and oxygen atoms in total. The average molecular weight is 622 g/mol. The van der Waals surface area contributed by atoms with Crippen LogP contribution in [0.25, 0.3) is 11.0 Å². The predicted octanol–water partition coefficient (Wildman–Crippen LogP) is 10.4. The van der Waals surface area contributed by atoms with Crippen molar-refractivity contribution in [2.75, 3.05) is 5.32 Å². The van der Waals surface area contributed by atoms with Gasteiger partial charge in [0.25, 0.3) is 0 Å². The average Bonchev–Trinajstić information content (AvgIpc) is 3.23. The van der Waals surface area contributed by atoms with Gasteiger partial charge in [-0.1, -0.05) is 118 Å². The first kappa shape index (κ1) is 29.0. The van der Waals surface area contributed by atoms with Gasteiger partial charge in [-0.05, 0) is 46.6 Å². The Balaban J connectivity index is 1.39. The number of rotatable bonds is 18. The molecule has 0 spiro atoms. The lowest BCUT2D eigenvalue weighted by molar-refractivity contribution is 0.465. The molecule has 0 saturated carbocycles. The molecule has 0 aliphatic carbocycles. The number of imidazole rings is 1. The Morgan fingerprint density at radius 3 is 2.03 bits per heavy atom. The van der Waals surface area contributed by atoms with Gasteiger partial charge in [0.15, 0.2) is 0 Å². The summed E-state index contributed by atoms with van der Waals surface area (Å²) in [4.78, 5) is 4.83. The number of hydrogen-bond donors (Lipinski definition) is 2. The van der Waals surface area contributed by atoms with Crippen LogP contribution in [0, 0.1) is 0 Å². The lowest BCUT2D eigenvalue weighted by Crippen LogP contribution is -2.08. The first-order chi connectivity index (χ1) is 17.6. The summed E-state index contributed by atoms with van der Waals surface area (Å²) in [7, 11) is 0. The zero-order chi connectivity index (χ0) is 25.6. The number of aryl methyl sites for hydroxylation is 1. The third-order valence-electron chi connectivity index (χ3n) is 6.93. The quantitative estimate of drug-likeness (QED) is 0.139. The molecule has 0 atom stereocenters. The number of benzene rings is 2. The maximum absolute atomic E-state index is 10.4. The summed E-state index contributed by atoms with van der Waals surface area (Å²) in [5.74, 6) is 1.13. The van der Waals surface area contributed by atoms with E-state index in [4.69, 9.17) is 4.98 Å². The van der Waals surface area contributed by atoms with Gasteiger partial charge in [-0.25, -0.2) is 4.98 Å². The molecular formula is C30H43Br2N3O. The van der Waals surface area contributed by atoms with Crippen molar-refractivity contribution in [3.63, 3.8) is 0 Å². The SMILES string of the molecule is CCCCCCCCCCCCCCCCn1c(NCc2cc(Br)cc(Br)c2O)nc2ccccc21. The highest BCUT2D eigenvalue weighted by Gasteiger charge is 2.12. The highest BCUT2D eigenvalue weighted by Crippen LogP contribution is 2.32. The zero-order valence-corrected chi connectivity index (χ0v) is 25.0. The molecule has 3 aromatic rings. The van der Waals surface area contributed by atoms with Crippen LogP contribution in [-0.4, -0.2) is 14.7 Å². The summed E-state index contributed by atoms with van der Waals surface area (Å²) in [6.07, 6.45) is 19.1. The van der Waals surface area contributed by atoms with E-state index in [9.17, 15) is 5.11 Å². The molecule has 2 aromatic carbocycles. The van der Waals surface area contributed by atoms with Crippen molar-refractivity contribution in [2.24, 2.45) is 0 Å². The molecule has 36 heavy (non-hydrogen) atoms. The molecule has 0 bridgehead atoms. The van der Waals surface area contributed by atoms with Gasteiger partial charge in [-0.2, -0.15) is 0 Å². The van der Waals surface area contributed by atoms with Crippen molar-refractivity contribution in [3.8, 4) is 5.75 Å². The molecule has 0 amide bonds. The zero-order valence-electron chi connectivity index (χ0n) is 21.9. The Labute approximate surface area is 234 Å². The molecule has 0 saturated heterocycles. The van der Waals surface area contributed by atoms with Crippen LogP contribution in [-0.2, 0) is 13.1 Å². The normalized spacial score (nSPS) is 11.4. The van der Waals surface area contributed by atoms with E-state index in [-0.39, 0.29) is 5.75 Å². The maximum atomic E-state index is 10.4. The second-order valence-electron chi connectivity index (χ2n) is 9.92. The first-order valence-corrected chi connectivity index (χ1v) is 15.5. The smallest absolute Gasteiger partial charge is 0.204 e. The van der Waals surface area contributed by atoms with E-state index >= 15 is 0 Å². The molecule has 3 rings (SSSR count). The molecule has 6 heteroatoms. The second kappa shape index (κ2) is 16.3. The third kappa shape index (κ3) is 9.41. The topological polar surface area (TPSA) is 50.1 Å². The largest absolute Gasteiger partial charge is 0.506 e. The van der Waals surface area contributed by atoms with E-state index in [0.29, 0.717) is 11.0 Å². The molecule has 2 N–H and O–H groups in total. The number of phenolic OH excluding ortho intramolecular Hbond substituents is 1. The van der Waals surface area contributed by atoms with Crippen LogP contribution >= 0.6 is 31.9 Å². The summed E-state index contributed by atoms with van der Waals surface area (Å²) in [6, 6.07) is 12.1. The molecular weight excluding hydrogens is 578 g/mol. The van der Waals surface area contributed by atoms with E-state index in [0.717, 1.165) is 40.0 Å². The number of hydrogen-bond acceptors (Lipinski definition) is 3. The fourth-order valence-corrected chi connectivity index (χ4v) is 6.14. The van der Waals surface area contributed by atoms with Crippen molar-refractivity contribution in [2.45, 2.75) is 110 Å². The van der Waals surface area contributed by atoms with Crippen molar-refractivity contribution in [3.05, 3.63) is 50.9 Å². The van der Waals surface area contributed by atoms with Crippen LogP contribution in [0.1, 0.15) is 102 Å². The number of anilines is 1. The highest BCUT2D eigenvalue weighted by molar-refractivity contribution is 9.11. The van der Waals surface area contributed by atoms with Gasteiger partial charge < -0.3 is 15.0 Å². The number of halogens is 2. The Hall–Kier alpha value is -1.53. The maximum Gasteiger partial charge on any atom is 0.204 e. The van der Waals surface area contributed by atoms with Crippen LogP contribution < -0.4 is 5.32 Å². The van der Waals surface area contributed by atoms with Crippen molar-refractivity contribution >= 4 is 48.8 Å². The predicted molar refractivity (Wildman–Crippen MR) is 161 cm³/mol. The molecule has 1 heterocycles. The fourth-order valence-electron chi connectivity index (χ4n) is 4.83. The molecule has 0 radical (unpaired) electrons. The minimum absolute atomic E-state index is 0.264. The summed E-state index contributed by atoms with van der Waals surface area (Å²) < 4.78 is 3.91. The number of unbranched alkanes of at least 4 members (excludes halogenated alkanes) is 13. The second-order valence-corrected chi connectivity index (χ2v) is 11.7. The molecule has 0 aliphatic heterocycles. The Bertz CT molecular complexity index is 1050. The van der Waals surface area contributed by atoms with Gasteiger partial charge in [-0.15, -0.1) is 0 Å². The van der Waals surface area contributed by atoms with E-state index in [2.05, 4.69) is 66.9 Å². The van der Waals surface area contributed by atoms with Crippen molar-refractivity contribution in [1.29, 1.82) is 0 Å². The summed E-state index contributed by atoms with van der Waals surface area (Å²) in [6.45, 7) is 3.74. The van der Waals surface area contributed by atoms with Crippen LogP contribution in [0.5, 0.6) is 5.75 Å². The Morgan fingerprint density at radius 1 is 0.806 bits per heavy atom. The van der Waals surface area contributed by atoms with Gasteiger partial charge in [0.05, 0.1) is 15.5 Å². The van der Waals surface area contributed by atoms with E-state index in [1.807, 2.05) is 18.2 Å². The molecule has 1 aromatic heterocycles. The molecule has 0 unspecified atom stereocenters. The lowest BCUT2D eigenvalue weighted by atomic mass is 10.0. The standard InChI is InChI=1S/C30H43Br2N3O/c1-2-3-4-5-6-7-8-9-10-11-12-13-14-17-20-35-28-19-16-15-18-27(28)34-30(35)33-23-24-21-25(31)22-26(32)29(24)36/h15-16,18-19,21-22,36H,2-14,17,20,23H2,1H3,(H,33,34). The number of phenols is 1. The van der Waals surface area contributed by atoms with Crippen molar-refractivity contribution < 1.29 is 5.11 Å². The van der Waals surface area contributed by atoms with Crippen LogP contribution in [0.2, 0.25) is 0 Å².